The van der Waals surface area contributed by atoms with Crippen LogP contribution in [-0.2, 0) is 0 Å². The van der Waals surface area contributed by atoms with Crippen LogP contribution in [0.2, 0.25) is 0 Å². The number of halogens is 1. The van der Waals surface area contributed by atoms with E-state index >= 15 is 0 Å². The van der Waals surface area contributed by atoms with E-state index in [9.17, 15) is 9.18 Å². The number of hydrogen-bond donors (Lipinski definition) is 0. The van der Waals surface area contributed by atoms with Crippen molar-refractivity contribution in [1.82, 2.24) is 0 Å². The molecule has 0 aliphatic rings. The number of hydrogen-bond acceptors (Lipinski definition) is 2. The zero-order valence-electron chi connectivity index (χ0n) is 14.2. The lowest BCUT2D eigenvalue weighted by atomic mass is 10.1. The van der Waals surface area contributed by atoms with Crippen molar-refractivity contribution in [2.45, 2.75) is 6.42 Å². The van der Waals surface area contributed by atoms with Crippen LogP contribution >= 0.6 is 0 Å². The van der Waals surface area contributed by atoms with E-state index in [4.69, 9.17) is 0 Å². The molecule has 0 spiro atoms. The molecule has 0 aliphatic heterocycles. The fourth-order valence-electron chi connectivity index (χ4n) is 2.72. The lowest BCUT2D eigenvalue weighted by Gasteiger charge is -2.19. The van der Waals surface area contributed by atoms with Crippen molar-refractivity contribution in [2.75, 3.05) is 18.5 Å². The fraction of sp³-hybridized carbons (Fsp3) is 0.136. The van der Waals surface area contributed by atoms with Gasteiger partial charge >= 0.3 is 0 Å². The minimum absolute atomic E-state index is 0.0211. The average Bonchev–Trinajstić information content (AvgIpc) is 2.67. The molecule has 3 aromatic rings. The third-order valence-corrected chi connectivity index (χ3v) is 4.26. The summed E-state index contributed by atoms with van der Waals surface area (Å²) < 4.78 is 12.9. The molecule has 0 amide bonds. The maximum absolute atomic E-state index is 12.9. The van der Waals surface area contributed by atoms with E-state index < -0.39 is 0 Å². The van der Waals surface area contributed by atoms with Crippen LogP contribution in [0.25, 0.3) is 11.1 Å². The van der Waals surface area contributed by atoms with Crippen molar-refractivity contribution in [1.29, 1.82) is 0 Å². The third-order valence-electron chi connectivity index (χ3n) is 4.26. The second-order valence-corrected chi connectivity index (χ2v) is 6.01. The summed E-state index contributed by atoms with van der Waals surface area (Å²) in [5, 5.41) is 0. The Morgan fingerprint density at radius 3 is 2.08 bits per heavy atom. The molecule has 0 unspecified atom stereocenters. The summed E-state index contributed by atoms with van der Waals surface area (Å²) in [7, 11) is 1.97. The molecule has 0 atom stereocenters. The van der Waals surface area contributed by atoms with E-state index in [2.05, 4.69) is 41.3 Å². The van der Waals surface area contributed by atoms with Gasteiger partial charge in [0.2, 0.25) is 0 Å². The monoisotopic (exact) mass is 333 g/mol. The smallest absolute Gasteiger partial charge is 0.164 e. The predicted octanol–water partition coefficient (Wildman–Crippen LogP) is 5.20. The van der Waals surface area contributed by atoms with E-state index in [1.807, 2.05) is 25.2 Å². The second-order valence-electron chi connectivity index (χ2n) is 6.01. The quantitative estimate of drug-likeness (QED) is 0.578. The number of nitrogens with zero attached hydrogens (tertiary/aromatic N) is 1. The summed E-state index contributed by atoms with van der Waals surface area (Å²) in [6.07, 6.45) is 0.391. The predicted molar refractivity (Wildman–Crippen MR) is 100 cm³/mol. The van der Waals surface area contributed by atoms with E-state index in [0.29, 0.717) is 18.5 Å². The Morgan fingerprint density at radius 1 is 0.840 bits per heavy atom. The molecule has 0 saturated carbocycles. The summed E-state index contributed by atoms with van der Waals surface area (Å²) in [6.45, 7) is 0.612. The number of rotatable bonds is 6. The molecule has 0 N–H and O–H groups in total. The van der Waals surface area contributed by atoms with Gasteiger partial charge in [-0.05, 0) is 47.5 Å². The zero-order chi connectivity index (χ0) is 17.6. The zero-order valence-corrected chi connectivity index (χ0v) is 14.2. The molecule has 0 heterocycles. The van der Waals surface area contributed by atoms with E-state index in [1.165, 1.54) is 35.4 Å². The number of carbonyl (C=O) groups excluding carboxylic acids is 1. The molecule has 0 bridgehead atoms. The van der Waals surface area contributed by atoms with Crippen LogP contribution in [-0.4, -0.2) is 19.4 Å². The Balaban J connectivity index is 1.60. The first-order valence-corrected chi connectivity index (χ1v) is 8.29. The van der Waals surface area contributed by atoms with Crippen LogP contribution in [0.5, 0.6) is 0 Å². The molecule has 0 radical (unpaired) electrons. The second kappa shape index (κ2) is 7.75. The van der Waals surface area contributed by atoms with Crippen LogP contribution in [0.15, 0.2) is 78.9 Å². The number of Topliss-reactive ketones (excluding diaryl/α,β-unsaturated/α-hetero) is 1. The molecule has 0 fully saturated rings. The number of benzene rings is 3. The van der Waals surface area contributed by atoms with Gasteiger partial charge in [0.15, 0.2) is 5.78 Å². The molecular formula is C22H20FNO. The third kappa shape index (κ3) is 4.32. The van der Waals surface area contributed by atoms with Gasteiger partial charge in [0.1, 0.15) is 5.82 Å². The van der Waals surface area contributed by atoms with Crippen molar-refractivity contribution < 1.29 is 9.18 Å². The van der Waals surface area contributed by atoms with E-state index in [0.717, 1.165) is 5.69 Å². The highest BCUT2D eigenvalue weighted by atomic mass is 19.1. The Labute approximate surface area is 147 Å². The van der Waals surface area contributed by atoms with Crippen LogP contribution in [0.4, 0.5) is 10.1 Å². The lowest BCUT2D eigenvalue weighted by Crippen LogP contribution is -2.21. The van der Waals surface area contributed by atoms with Gasteiger partial charge in [0.05, 0.1) is 0 Å². The molecule has 3 aromatic carbocycles. The molecule has 3 rings (SSSR count). The molecule has 25 heavy (non-hydrogen) atoms. The molecule has 0 saturated heterocycles. The van der Waals surface area contributed by atoms with Crippen LogP contribution in [0, 0.1) is 5.82 Å². The van der Waals surface area contributed by atoms with Gasteiger partial charge in [-0.2, -0.15) is 0 Å². The first kappa shape index (κ1) is 16.9. The largest absolute Gasteiger partial charge is 0.374 e. The summed E-state index contributed by atoms with van der Waals surface area (Å²) in [6, 6.07) is 24.2. The summed E-state index contributed by atoms with van der Waals surface area (Å²) >= 11 is 0. The molecule has 0 aromatic heterocycles. The highest BCUT2D eigenvalue weighted by molar-refractivity contribution is 5.96. The van der Waals surface area contributed by atoms with Crippen LogP contribution in [0.3, 0.4) is 0 Å². The number of ketones is 1. The topological polar surface area (TPSA) is 20.3 Å². The maximum Gasteiger partial charge on any atom is 0.164 e. The van der Waals surface area contributed by atoms with Crippen LogP contribution in [0.1, 0.15) is 16.8 Å². The van der Waals surface area contributed by atoms with Crippen molar-refractivity contribution in [3.05, 3.63) is 90.2 Å². The summed E-state index contributed by atoms with van der Waals surface area (Å²) in [5.41, 5.74) is 3.96. The van der Waals surface area contributed by atoms with Crippen molar-refractivity contribution in [2.24, 2.45) is 0 Å². The van der Waals surface area contributed by atoms with Gasteiger partial charge in [-0.1, -0.05) is 42.5 Å². The Kier molecular flexibility index (Phi) is 5.24. The summed E-state index contributed by atoms with van der Waals surface area (Å²) in [5.74, 6) is -0.306. The van der Waals surface area contributed by atoms with Crippen LogP contribution < -0.4 is 4.90 Å². The van der Waals surface area contributed by atoms with Crippen molar-refractivity contribution in [3.8, 4) is 11.1 Å². The molecule has 126 valence electrons. The average molecular weight is 333 g/mol. The van der Waals surface area contributed by atoms with Gasteiger partial charge in [-0.25, -0.2) is 4.39 Å². The van der Waals surface area contributed by atoms with Crippen molar-refractivity contribution in [3.63, 3.8) is 0 Å². The fourth-order valence-corrected chi connectivity index (χ4v) is 2.72. The minimum Gasteiger partial charge on any atom is -0.374 e. The highest BCUT2D eigenvalue weighted by Gasteiger charge is 2.08. The van der Waals surface area contributed by atoms with E-state index in [-0.39, 0.29) is 11.6 Å². The Hall–Kier alpha value is -2.94. The first-order chi connectivity index (χ1) is 12.1. The molecule has 3 heteroatoms. The number of carbonyl (C=O) groups is 1. The molecular weight excluding hydrogens is 313 g/mol. The highest BCUT2D eigenvalue weighted by Crippen LogP contribution is 2.22. The SMILES string of the molecule is CN(CCC(=O)c1ccc(F)cc1)c1ccc(-c2ccccc2)cc1. The Morgan fingerprint density at radius 2 is 1.44 bits per heavy atom. The Bertz CT molecular complexity index is 826. The minimum atomic E-state index is -0.327. The van der Waals surface area contributed by atoms with Gasteiger partial charge in [0.25, 0.3) is 0 Å². The molecule has 2 nitrogen and oxygen atoms in total. The molecule has 0 aliphatic carbocycles. The van der Waals surface area contributed by atoms with Gasteiger partial charge in [0, 0.05) is 31.3 Å². The van der Waals surface area contributed by atoms with Crippen molar-refractivity contribution >= 4 is 11.5 Å². The lowest BCUT2D eigenvalue weighted by molar-refractivity contribution is 0.0985. The maximum atomic E-state index is 12.9. The normalized spacial score (nSPS) is 10.5. The first-order valence-electron chi connectivity index (χ1n) is 8.29. The standard InChI is InChI=1S/C22H20FNO/c1-24(16-15-22(25)19-7-11-20(23)12-8-19)21-13-9-18(10-14-21)17-5-3-2-4-6-17/h2-14H,15-16H2,1H3. The summed E-state index contributed by atoms with van der Waals surface area (Å²) in [4.78, 5) is 14.2. The van der Waals surface area contributed by atoms with Gasteiger partial charge in [-0.15, -0.1) is 0 Å². The van der Waals surface area contributed by atoms with Gasteiger partial charge in [-0.3, -0.25) is 4.79 Å². The van der Waals surface area contributed by atoms with Gasteiger partial charge < -0.3 is 4.90 Å². The van der Waals surface area contributed by atoms with E-state index in [1.54, 1.807) is 0 Å². The number of anilines is 1.